The lowest BCUT2D eigenvalue weighted by molar-refractivity contribution is -0.156. The molecular weight excluding hydrogens is 304 g/mol. The van der Waals surface area contributed by atoms with Crippen LogP contribution in [0.25, 0.3) is 0 Å². The van der Waals surface area contributed by atoms with Gasteiger partial charge in [0.2, 0.25) is 5.95 Å². The molecule has 22 heavy (non-hydrogen) atoms. The molecule has 2 N–H and O–H groups in total. The number of anilines is 2. The van der Waals surface area contributed by atoms with E-state index in [0.717, 1.165) is 25.9 Å². The molecule has 7 heteroatoms. The maximum atomic E-state index is 12.0. The van der Waals surface area contributed by atoms with E-state index in [-0.39, 0.29) is 17.8 Å². The van der Waals surface area contributed by atoms with Crippen LogP contribution in [0.5, 0.6) is 0 Å². The Labute approximate surface area is 136 Å². The van der Waals surface area contributed by atoms with E-state index in [4.69, 9.17) is 22.1 Å². The molecule has 0 aromatic carbocycles. The first kappa shape index (κ1) is 16.8. The van der Waals surface area contributed by atoms with Crippen molar-refractivity contribution < 1.29 is 9.53 Å². The molecule has 0 radical (unpaired) electrons. The Morgan fingerprint density at radius 1 is 1.50 bits per heavy atom. The first-order valence-corrected chi connectivity index (χ1v) is 7.87. The minimum atomic E-state index is -0.444. The molecule has 122 valence electrons. The van der Waals surface area contributed by atoms with Crippen molar-refractivity contribution in [1.29, 1.82) is 0 Å². The van der Waals surface area contributed by atoms with Gasteiger partial charge in [0, 0.05) is 19.2 Å². The molecule has 1 aliphatic rings. The van der Waals surface area contributed by atoms with Crippen molar-refractivity contribution in [3.8, 4) is 0 Å². The molecule has 0 bridgehead atoms. The van der Waals surface area contributed by atoms with Crippen molar-refractivity contribution >= 4 is 29.3 Å². The predicted octanol–water partition coefficient (Wildman–Crippen LogP) is 2.66. The van der Waals surface area contributed by atoms with Gasteiger partial charge in [0.25, 0.3) is 0 Å². The summed E-state index contributed by atoms with van der Waals surface area (Å²) in [7, 11) is 0. The lowest BCUT2D eigenvalue weighted by Gasteiger charge is -2.33. The topological polar surface area (TPSA) is 81.3 Å². The van der Waals surface area contributed by atoms with Gasteiger partial charge in [-0.05, 0) is 39.5 Å². The van der Waals surface area contributed by atoms with Crippen LogP contribution in [0.1, 0.15) is 40.0 Å². The lowest BCUT2D eigenvalue weighted by Crippen LogP contribution is -2.37. The number of carbonyl (C=O) groups is 1. The van der Waals surface area contributed by atoms with Gasteiger partial charge in [-0.2, -0.15) is 4.98 Å². The fourth-order valence-electron chi connectivity index (χ4n) is 2.64. The summed E-state index contributed by atoms with van der Waals surface area (Å²) in [5.41, 5.74) is 5.20. The zero-order valence-corrected chi connectivity index (χ0v) is 14.1. The molecule has 1 saturated heterocycles. The van der Waals surface area contributed by atoms with E-state index in [1.165, 1.54) is 0 Å². The summed E-state index contributed by atoms with van der Waals surface area (Å²) in [5, 5.41) is 0.330. The third-order valence-electron chi connectivity index (χ3n) is 3.42. The second kappa shape index (κ2) is 6.69. The van der Waals surface area contributed by atoms with E-state index in [1.54, 1.807) is 6.07 Å². The highest BCUT2D eigenvalue weighted by Crippen LogP contribution is 2.26. The molecule has 2 rings (SSSR count). The van der Waals surface area contributed by atoms with E-state index < -0.39 is 5.60 Å². The number of carbonyl (C=O) groups excluding carboxylic acids is 1. The average Bonchev–Trinajstić information content (AvgIpc) is 2.35. The molecule has 0 aliphatic carbocycles. The summed E-state index contributed by atoms with van der Waals surface area (Å²) < 4.78 is 5.40. The van der Waals surface area contributed by atoms with E-state index in [2.05, 4.69) is 14.9 Å². The number of piperidine rings is 1. The SMILES string of the molecule is CC(C)(C)OC(=O)C[C@@H]1CCCN(c2cc(Cl)nc(N)n2)C1. The number of hydrogen-bond donors (Lipinski definition) is 1. The van der Waals surface area contributed by atoms with Crippen LogP contribution in [-0.4, -0.2) is 34.6 Å². The second-order valence-corrected chi connectivity index (χ2v) is 7.04. The summed E-state index contributed by atoms with van der Waals surface area (Å²) in [6.07, 6.45) is 2.42. The summed E-state index contributed by atoms with van der Waals surface area (Å²) in [6.45, 7) is 7.25. The van der Waals surface area contributed by atoms with Gasteiger partial charge in [-0.15, -0.1) is 0 Å². The number of ether oxygens (including phenoxy) is 1. The van der Waals surface area contributed by atoms with Crippen molar-refractivity contribution in [1.82, 2.24) is 9.97 Å². The van der Waals surface area contributed by atoms with Crippen LogP contribution < -0.4 is 10.6 Å². The van der Waals surface area contributed by atoms with Crippen LogP contribution in [-0.2, 0) is 9.53 Å². The van der Waals surface area contributed by atoms with Crippen molar-refractivity contribution in [2.45, 2.75) is 45.6 Å². The number of esters is 1. The Hall–Kier alpha value is -1.56. The van der Waals surface area contributed by atoms with Gasteiger partial charge >= 0.3 is 5.97 Å². The fraction of sp³-hybridized carbons (Fsp3) is 0.667. The second-order valence-electron chi connectivity index (χ2n) is 6.65. The number of hydrogen-bond acceptors (Lipinski definition) is 6. The van der Waals surface area contributed by atoms with Gasteiger partial charge in [0.1, 0.15) is 16.6 Å². The molecule has 0 spiro atoms. The van der Waals surface area contributed by atoms with Crippen LogP contribution in [0.4, 0.5) is 11.8 Å². The van der Waals surface area contributed by atoms with Gasteiger partial charge in [0.15, 0.2) is 0 Å². The molecule has 0 unspecified atom stereocenters. The van der Waals surface area contributed by atoms with Gasteiger partial charge < -0.3 is 15.4 Å². The van der Waals surface area contributed by atoms with Crippen molar-refractivity contribution in [2.24, 2.45) is 5.92 Å². The number of nitrogens with two attached hydrogens (primary N) is 1. The Bertz CT molecular complexity index is 525. The Balaban J connectivity index is 1.98. The maximum Gasteiger partial charge on any atom is 0.306 e. The summed E-state index contributed by atoms with van der Waals surface area (Å²) in [4.78, 5) is 22.2. The molecule has 1 aromatic heterocycles. The molecular formula is C15H23ClN4O2. The molecule has 1 atom stereocenters. The van der Waals surface area contributed by atoms with Crippen LogP contribution in [0.15, 0.2) is 6.07 Å². The molecule has 6 nitrogen and oxygen atoms in total. The highest BCUT2D eigenvalue weighted by Gasteiger charge is 2.26. The molecule has 1 aliphatic heterocycles. The van der Waals surface area contributed by atoms with Crippen LogP contribution in [0.2, 0.25) is 5.15 Å². The minimum absolute atomic E-state index is 0.153. The van der Waals surface area contributed by atoms with E-state index in [0.29, 0.717) is 17.4 Å². The van der Waals surface area contributed by atoms with Gasteiger partial charge in [-0.3, -0.25) is 4.79 Å². The van der Waals surface area contributed by atoms with Crippen molar-refractivity contribution in [2.75, 3.05) is 23.7 Å². The van der Waals surface area contributed by atoms with Crippen molar-refractivity contribution in [3.05, 3.63) is 11.2 Å². The standard InChI is InChI=1S/C15H23ClN4O2/c1-15(2,3)22-13(21)7-10-5-4-6-20(9-10)12-8-11(16)18-14(17)19-12/h8,10H,4-7,9H2,1-3H3,(H2,17,18,19)/t10-/m0/s1. The Morgan fingerprint density at radius 3 is 2.86 bits per heavy atom. The fourth-order valence-corrected chi connectivity index (χ4v) is 2.83. The zero-order valence-electron chi connectivity index (χ0n) is 13.3. The highest BCUT2D eigenvalue weighted by molar-refractivity contribution is 6.29. The molecule has 2 heterocycles. The van der Waals surface area contributed by atoms with E-state index in [9.17, 15) is 4.79 Å². The minimum Gasteiger partial charge on any atom is -0.460 e. The molecule has 1 fully saturated rings. The van der Waals surface area contributed by atoms with Crippen molar-refractivity contribution in [3.63, 3.8) is 0 Å². The van der Waals surface area contributed by atoms with Gasteiger partial charge in [0.05, 0.1) is 6.42 Å². The first-order valence-electron chi connectivity index (χ1n) is 7.50. The maximum absolute atomic E-state index is 12.0. The van der Waals surface area contributed by atoms with Crippen LogP contribution >= 0.6 is 11.6 Å². The molecule has 0 saturated carbocycles. The quantitative estimate of drug-likeness (QED) is 0.679. The Morgan fingerprint density at radius 2 is 2.23 bits per heavy atom. The largest absolute Gasteiger partial charge is 0.460 e. The van der Waals surface area contributed by atoms with E-state index >= 15 is 0 Å². The van der Waals surface area contributed by atoms with Crippen LogP contribution in [0, 0.1) is 5.92 Å². The normalized spacial score (nSPS) is 19.1. The number of halogens is 1. The molecule has 1 aromatic rings. The monoisotopic (exact) mass is 326 g/mol. The Kier molecular flexibility index (Phi) is 5.11. The lowest BCUT2D eigenvalue weighted by atomic mass is 9.95. The summed E-state index contributed by atoms with van der Waals surface area (Å²) >= 11 is 5.93. The highest BCUT2D eigenvalue weighted by atomic mass is 35.5. The smallest absolute Gasteiger partial charge is 0.306 e. The third kappa shape index (κ3) is 5.02. The van der Waals surface area contributed by atoms with Gasteiger partial charge in [-0.1, -0.05) is 11.6 Å². The number of nitrogens with zero attached hydrogens (tertiary/aromatic N) is 3. The zero-order chi connectivity index (χ0) is 16.3. The predicted molar refractivity (Wildman–Crippen MR) is 86.9 cm³/mol. The summed E-state index contributed by atoms with van der Waals surface area (Å²) in [6, 6.07) is 1.70. The summed E-state index contributed by atoms with van der Waals surface area (Å²) in [5.74, 6) is 0.973. The number of nitrogen functional groups attached to an aromatic ring is 1. The van der Waals surface area contributed by atoms with E-state index in [1.807, 2.05) is 20.8 Å². The average molecular weight is 327 g/mol. The number of aromatic nitrogens is 2. The third-order valence-corrected chi connectivity index (χ3v) is 3.61. The molecule has 0 amide bonds. The first-order chi connectivity index (χ1) is 10.2. The van der Waals surface area contributed by atoms with Crippen LogP contribution in [0.3, 0.4) is 0 Å². The van der Waals surface area contributed by atoms with Gasteiger partial charge in [-0.25, -0.2) is 4.98 Å². The number of rotatable bonds is 3.